The maximum absolute atomic E-state index is 10.6. The molecule has 0 saturated carbocycles. The number of carbonyl (C=O) groups excluding carboxylic acids is 1. The van der Waals surface area contributed by atoms with Crippen LogP contribution in [0.25, 0.3) is 0 Å². The second-order valence-electron chi connectivity index (χ2n) is 3.75. The lowest BCUT2D eigenvalue weighted by atomic mass is 9.96. The number of carbonyl (C=O) groups is 1. The van der Waals surface area contributed by atoms with Gasteiger partial charge in [-0.3, -0.25) is 10.1 Å². The van der Waals surface area contributed by atoms with Crippen LogP contribution in [0, 0.1) is 33.8 Å². The van der Waals surface area contributed by atoms with Gasteiger partial charge < -0.3 is 4.79 Å². The Morgan fingerprint density at radius 1 is 1.41 bits per heavy atom. The molecule has 0 aliphatic heterocycles. The van der Waals surface area contributed by atoms with Crippen molar-refractivity contribution in [1.29, 1.82) is 0 Å². The topological polar surface area (TPSA) is 60.2 Å². The van der Waals surface area contributed by atoms with E-state index in [0.29, 0.717) is 6.29 Å². The number of hydrogen-bond donors (Lipinski definition) is 0. The zero-order valence-electron chi connectivity index (χ0n) is 9.50. The molecular weight excluding hydrogens is 218 g/mol. The van der Waals surface area contributed by atoms with Crippen LogP contribution in [0.1, 0.15) is 12.5 Å². The van der Waals surface area contributed by atoms with Gasteiger partial charge in [0.05, 0.1) is 5.92 Å². The third kappa shape index (κ3) is 4.47. The van der Waals surface area contributed by atoms with Crippen molar-refractivity contribution in [2.45, 2.75) is 6.92 Å². The Balaban J connectivity index is 2.83. The largest absolute Gasteiger partial charge is 0.303 e. The van der Waals surface area contributed by atoms with Crippen LogP contribution >= 0.6 is 0 Å². The molecule has 0 aliphatic rings. The molecule has 0 spiro atoms. The second kappa shape index (κ2) is 6.44. The third-order valence-corrected chi connectivity index (χ3v) is 2.37. The Hall–Kier alpha value is -2.15. The summed E-state index contributed by atoms with van der Waals surface area (Å²) in [5.41, 5.74) is 0.791. The number of nitro groups is 1. The highest BCUT2D eigenvalue weighted by Gasteiger charge is 2.19. The fourth-order valence-electron chi connectivity index (χ4n) is 1.30. The summed E-state index contributed by atoms with van der Waals surface area (Å²) in [6, 6.07) is 9.20. The molecule has 17 heavy (non-hydrogen) atoms. The molecule has 4 nitrogen and oxygen atoms in total. The van der Waals surface area contributed by atoms with Crippen molar-refractivity contribution in [2.24, 2.45) is 11.8 Å². The Kier molecular flexibility index (Phi) is 4.89. The molecule has 0 bridgehead atoms. The fraction of sp³-hybridized carbons (Fsp3) is 0.308. The average Bonchev–Trinajstić information content (AvgIpc) is 2.34. The van der Waals surface area contributed by atoms with E-state index in [1.165, 1.54) is 0 Å². The zero-order chi connectivity index (χ0) is 12.7. The van der Waals surface area contributed by atoms with Gasteiger partial charge in [-0.25, -0.2) is 0 Å². The number of aldehydes is 1. The van der Waals surface area contributed by atoms with E-state index in [0.717, 1.165) is 5.56 Å². The molecule has 0 N–H and O–H groups in total. The molecule has 1 aromatic rings. The first-order valence-corrected chi connectivity index (χ1v) is 5.27. The number of rotatable bonds is 4. The molecule has 0 saturated heterocycles. The predicted molar refractivity (Wildman–Crippen MR) is 63.9 cm³/mol. The van der Waals surface area contributed by atoms with Crippen molar-refractivity contribution in [1.82, 2.24) is 0 Å². The van der Waals surface area contributed by atoms with Gasteiger partial charge in [-0.15, -0.1) is 0 Å². The highest BCUT2D eigenvalue weighted by molar-refractivity contribution is 5.54. The van der Waals surface area contributed by atoms with Crippen molar-refractivity contribution in [3.05, 3.63) is 46.0 Å². The minimum atomic E-state index is -0.539. The van der Waals surface area contributed by atoms with Crippen molar-refractivity contribution in [2.75, 3.05) is 6.54 Å². The molecule has 0 aliphatic carbocycles. The maximum Gasteiger partial charge on any atom is 0.218 e. The summed E-state index contributed by atoms with van der Waals surface area (Å²) in [7, 11) is 0. The van der Waals surface area contributed by atoms with Crippen LogP contribution in [0.5, 0.6) is 0 Å². The van der Waals surface area contributed by atoms with Gasteiger partial charge in [-0.2, -0.15) is 0 Å². The van der Waals surface area contributed by atoms with E-state index < -0.39 is 16.8 Å². The van der Waals surface area contributed by atoms with Crippen molar-refractivity contribution in [3.8, 4) is 11.8 Å². The fourth-order valence-corrected chi connectivity index (χ4v) is 1.30. The van der Waals surface area contributed by atoms with Crippen LogP contribution in [0.3, 0.4) is 0 Å². The minimum Gasteiger partial charge on any atom is -0.303 e. The van der Waals surface area contributed by atoms with Crippen LogP contribution in [0.15, 0.2) is 30.3 Å². The Bertz CT molecular complexity index is 445. The first-order valence-electron chi connectivity index (χ1n) is 5.27. The zero-order valence-corrected chi connectivity index (χ0v) is 9.50. The van der Waals surface area contributed by atoms with Gasteiger partial charge in [0.2, 0.25) is 6.54 Å². The minimum absolute atomic E-state index is 0.306. The molecule has 0 fully saturated rings. The summed E-state index contributed by atoms with van der Waals surface area (Å²) in [5.74, 6) is 4.67. The smallest absolute Gasteiger partial charge is 0.218 e. The second-order valence-corrected chi connectivity index (χ2v) is 3.75. The van der Waals surface area contributed by atoms with Gasteiger partial charge >= 0.3 is 0 Å². The predicted octanol–water partition coefficient (Wildman–Crippen LogP) is 1.77. The van der Waals surface area contributed by atoms with Gasteiger partial charge in [0.15, 0.2) is 0 Å². The highest BCUT2D eigenvalue weighted by atomic mass is 16.6. The Labute approximate surface area is 99.8 Å². The molecule has 0 aromatic heterocycles. The van der Waals surface area contributed by atoms with Crippen molar-refractivity contribution in [3.63, 3.8) is 0 Å². The summed E-state index contributed by atoms with van der Waals surface area (Å²) in [6.07, 6.45) is 0.702. The van der Waals surface area contributed by atoms with Crippen molar-refractivity contribution < 1.29 is 9.72 Å². The van der Waals surface area contributed by atoms with Gasteiger partial charge in [0, 0.05) is 16.4 Å². The molecule has 1 rings (SSSR count). The molecule has 4 heteroatoms. The lowest BCUT2D eigenvalue weighted by Crippen LogP contribution is -2.20. The number of nitrogens with zero attached hydrogens (tertiary/aromatic N) is 1. The van der Waals surface area contributed by atoms with Crippen LogP contribution in [-0.2, 0) is 4.79 Å². The van der Waals surface area contributed by atoms with E-state index in [4.69, 9.17) is 0 Å². The van der Waals surface area contributed by atoms with E-state index in [-0.39, 0.29) is 6.54 Å². The molecule has 0 heterocycles. The first kappa shape index (κ1) is 12.9. The molecule has 88 valence electrons. The van der Waals surface area contributed by atoms with E-state index in [1.54, 1.807) is 6.92 Å². The van der Waals surface area contributed by atoms with E-state index >= 15 is 0 Å². The SMILES string of the molecule is C[C@@H](C=O)[C@@H](C#Cc1ccccc1)C[N+](=O)[O-]. The van der Waals surface area contributed by atoms with E-state index in [9.17, 15) is 14.9 Å². The lowest BCUT2D eigenvalue weighted by molar-refractivity contribution is -0.486. The monoisotopic (exact) mass is 231 g/mol. The summed E-state index contributed by atoms with van der Waals surface area (Å²) in [6.45, 7) is 1.33. The van der Waals surface area contributed by atoms with Crippen LogP contribution in [0.4, 0.5) is 0 Å². The molecule has 2 atom stereocenters. The summed E-state index contributed by atoms with van der Waals surface area (Å²) in [5, 5.41) is 10.5. The lowest BCUT2D eigenvalue weighted by Gasteiger charge is -2.07. The van der Waals surface area contributed by atoms with Crippen molar-refractivity contribution >= 4 is 6.29 Å². The molecule has 1 aromatic carbocycles. The number of hydrogen-bond acceptors (Lipinski definition) is 3. The average molecular weight is 231 g/mol. The summed E-state index contributed by atoms with van der Waals surface area (Å²) >= 11 is 0. The molecule has 0 radical (unpaired) electrons. The van der Waals surface area contributed by atoms with Crippen LogP contribution in [0.2, 0.25) is 0 Å². The molecular formula is C13H13NO3. The summed E-state index contributed by atoms with van der Waals surface area (Å²) < 4.78 is 0. The Morgan fingerprint density at radius 2 is 2.06 bits per heavy atom. The number of benzene rings is 1. The third-order valence-electron chi connectivity index (χ3n) is 2.37. The van der Waals surface area contributed by atoms with Gasteiger partial charge in [0.25, 0.3) is 0 Å². The normalized spacial score (nSPS) is 13.0. The van der Waals surface area contributed by atoms with Gasteiger partial charge in [0.1, 0.15) is 6.29 Å². The van der Waals surface area contributed by atoms with Crippen LogP contribution in [-0.4, -0.2) is 17.8 Å². The van der Waals surface area contributed by atoms with E-state index in [1.807, 2.05) is 30.3 Å². The molecule has 0 unspecified atom stereocenters. The van der Waals surface area contributed by atoms with Gasteiger partial charge in [-0.1, -0.05) is 37.0 Å². The van der Waals surface area contributed by atoms with Crippen LogP contribution < -0.4 is 0 Å². The summed E-state index contributed by atoms with van der Waals surface area (Å²) in [4.78, 5) is 20.7. The van der Waals surface area contributed by atoms with E-state index in [2.05, 4.69) is 11.8 Å². The Morgan fingerprint density at radius 3 is 2.59 bits per heavy atom. The van der Waals surface area contributed by atoms with Gasteiger partial charge in [-0.05, 0) is 12.1 Å². The maximum atomic E-state index is 10.6. The quantitative estimate of drug-likeness (QED) is 0.343. The first-order chi connectivity index (χ1) is 8.13. The highest BCUT2D eigenvalue weighted by Crippen LogP contribution is 2.09. The standard InChI is InChI=1S/C13H13NO3/c1-11(10-15)13(9-14(16)17)8-7-12-5-3-2-4-6-12/h2-6,10-11,13H,9H2,1H3/t11-,13-/m0/s1. The molecule has 0 amide bonds.